The molecule has 16 heavy (non-hydrogen) atoms. The number of aromatic amines is 1. The Morgan fingerprint density at radius 2 is 2.31 bits per heavy atom. The van der Waals surface area contributed by atoms with Crippen molar-refractivity contribution in [2.45, 2.75) is 6.42 Å². The highest BCUT2D eigenvalue weighted by Crippen LogP contribution is 2.13. The number of carboxylic acid groups (broad SMARTS) is 1. The quantitative estimate of drug-likeness (QED) is 0.821. The molecule has 1 aromatic heterocycles. The molecule has 0 aliphatic heterocycles. The van der Waals surface area contributed by atoms with E-state index in [-0.39, 0.29) is 6.42 Å². The van der Waals surface area contributed by atoms with Crippen LogP contribution < -0.4 is 5.76 Å². The summed E-state index contributed by atoms with van der Waals surface area (Å²) < 4.78 is 4.87. The molecule has 0 bridgehead atoms. The van der Waals surface area contributed by atoms with Crippen molar-refractivity contribution in [1.29, 1.82) is 0 Å². The maximum atomic E-state index is 10.9. The molecule has 0 fully saturated rings. The number of carbonyl (C=O) groups is 1. The van der Waals surface area contributed by atoms with Crippen LogP contribution in [0.2, 0.25) is 0 Å². The molecule has 1 aromatic carbocycles. The first-order valence-electron chi connectivity index (χ1n) is 4.66. The van der Waals surface area contributed by atoms with Crippen LogP contribution >= 0.6 is 0 Å². The lowest BCUT2D eigenvalue weighted by Crippen LogP contribution is -1.92. The van der Waals surface area contributed by atoms with Crippen LogP contribution in [0.1, 0.15) is 12.0 Å². The minimum atomic E-state index is -0.884. The third-order valence-electron chi connectivity index (χ3n) is 2.05. The number of hydrogen-bond acceptors (Lipinski definition) is 3. The van der Waals surface area contributed by atoms with Crippen molar-refractivity contribution in [3.63, 3.8) is 0 Å². The van der Waals surface area contributed by atoms with Crippen LogP contribution in [-0.4, -0.2) is 16.1 Å². The third kappa shape index (κ3) is 2.20. The van der Waals surface area contributed by atoms with E-state index in [9.17, 15) is 9.59 Å². The molecule has 5 heteroatoms. The Balaban J connectivity index is 2.28. The van der Waals surface area contributed by atoms with Crippen LogP contribution in [0.3, 0.4) is 0 Å². The normalized spacial score (nSPS) is 11.2. The fourth-order valence-corrected chi connectivity index (χ4v) is 1.36. The van der Waals surface area contributed by atoms with E-state index < -0.39 is 11.7 Å². The SMILES string of the molecule is O=C(O)CC=Cc1ccc2[nH]c(=O)oc2c1. The molecule has 0 amide bonds. The predicted molar refractivity (Wildman–Crippen MR) is 58.1 cm³/mol. The molecule has 1 heterocycles. The van der Waals surface area contributed by atoms with Gasteiger partial charge in [0.2, 0.25) is 0 Å². The molecule has 5 nitrogen and oxygen atoms in total. The summed E-state index contributed by atoms with van der Waals surface area (Å²) in [5, 5.41) is 8.45. The number of carboxylic acids is 1. The molecule has 0 saturated carbocycles. The summed E-state index contributed by atoms with van der Waals surface area (Å²) in [5.74, 6) is -1.38. The second kappa shape index (κ2) is 4.06. The smallest absolute Gasteiger partial charge is 0.417 e. The van der Waals surface area contributed by atoms with E-state index in [1.807, 2.05) is 0 Å². The molecule has 0 radical (unpaired) electrons. The molecule has 2 N–H and O–H groups in total. The van der Waals surface area contributed by atoms with Gasteiger partial charge >= 0.3 is 11.7 Å². The lowest BCUT2D eigenvalue weighted by Gasteiger charge is -1.92. The fraction of sp³-hybridized carbons (Fsp3) is 0.0909. The van der Waals surface area contributed by atoms with Gasteiger partial charge in [-0.25, -0.2) is 4.79 Å². The van der Waals surface area contributed by atoms with Gasteiger partial charge in [-0.2, -0.15) is 0 Å². The molecule has 0 unspecified atom stereocenters. The highest BCUT2D eigenvalue weighted by Gasteiger charge is 2.00. The topological polar surface area (TPSA) is 83.3 Å². The first-order valence-corrected chi connectivity index (χ1v) is 4.66. The molecule has 0 aliphatic carbocycles. The Labute approximate surface area is 90.0 Å². The Morgan fingerprint density at radius 1 is 1.50 bits per heavy atom. The van der Waals surface area contributed by atoms with Gasteiger partial charge < -0.3 is 9.52 Å². The molecular weight excluding hydrogens is 210 g/mol. The van der Waals surface area contributed by atoms with E-state index in [0.717, 1.165) is 5.56 Å². The van der Waals surface area contributed by atoms with Crippen LogP contribution in [0.25, 0.3) is 17.2 Å². The standard InChI is InChI=1S/C11H9NO4/c13-10(14)3-1-2-7-4-5-8-9(6-7)16-11(15)12-8/h1-2,4-6H,3H2,(H,12,15)(H,13,14). The number of hydrogen-bond donors (Lipinski definition) is 2. The molecule has 0 atom stereocenters. The minimum absolute atomic E-state index is 0.0326. The summed E-state index contributed by atoms with van der Waals surface area (Å²) in [7, 11) is 0. The number of nitrogens with one attached hydrogen (secondary N) is 1. The molecule has 0 spiro atoms. The summed E-state index contributed by atoms with van der Waals surface area (Å²) in [6, 6.07) is 5.15. The van der Waals surface area contributed by atoms with Gasteiger partial charge in [-0.15, -0.1) is 0 Å². The first kappa shape index (κ1) is 10.2. The minimum Gasteiger partial charge on any atom is -0.481 e. The highest BCUT2D eigenvalue weighted by molar-refractivity contribution is 5.76. The maximum absolute atomic E-state index is 10.9. The van der Waals surface area contributed by atoms with Gasteiger partial charge in [0.15, 0.2) is 5.58 Å². The van der Waals surface area contributed by atoms with Gasteiger partial charge in [-0.3, -0.25) is 9.78 Å². The second-order valence-electron chi connectivity index (χ2n) is 3.27. The number of aliphatic carboxylic acids is 1. The van der Waals surface area contributed by atoms with E-state index >= 15 is 0 Å². The lowest BCUT2D eigenvalue weighted by atomic mass is 10.2. The van der Waals surface area contributed by atoms with Crippen LogP contribution in [0.5, 0.6) is 0 Å². The van der Waals surface area contributed by atoms with Gasteiger partial charge in [0.1, 0.15) is 0 Å². The molecule has 0 saturated heterocycles. The van der Waals surface area contributed by atoms with Crippen LogP contribution in [0, 0.1) is 0 Å². The van der Waals surface area contributed by atoms with Crippen molar-refractivity contribution in [2.75, 3.05) is 0 Å². The number of rotatable bonds is 3. The Bertz CT molecular complexity index is 606. The fourth-order valence-electron chi connectivity index (χ4n) is 1.36. The van der Waals surface area contributed by atoms with Crippen LogP contribution in [0.15, 0.2) is 33.5 Å². The van der Waals surface area contributed by atoms with E-state index in [2.05, 4.69) is 4.98 Å². The summed E-state index contributed by atoms with van der Waals surface area (Å²) >= 11 is 0. The first-order chi connectivity index (χ1) is 7.65. The third-order valence-corrected chi connectivity index (χ3v) is 2.05. The number of H-pyrrole nitrogens is 1. The average Bonchev–Trinajstić information content (AvgIpc) is 2.56. The van der Waals surface area contributed by atoms with Crippen molar-refractivity contribution in [3.05, 3.63) is 40.4 Å². The summed E-state index contributed by atoms with van der Waals surface area (Å²) in [6.07, 6.45) is 3.17. The zero-order valence-corrected chi connectivity index (χ0v) is 8.27. The number of fused-ring (bicyclic) bond motifs is 1. The van der Waals surface area contributed by atoms with Crippen LogP contribution in [0.4, 0.5) is 0 Å². The highest BCUT2D eigenvalue weighted by atomic mass is 16.4. The Hall–Kier alpha value is -2.30. The van der Waals surface area contributed by atoms with Gasteiger partial charge in [-0.1, -0.05) is 18.2 Å². The Kier molecular flexibility index (Phi) is 2.59. The second-order valence-corrected chi connectivity index (χ2v) is 3.27. The maximum Gasteiger partial charge on any atom is 0.417 e. The van der Waals surface area contributed by atoms with Crippen LogP contribution in [-0.2, 0) is 4.79 Å². The van der Waals surface area contributed by atoms with Crippen molar-refractivity contribution in [3.8, 4) is 0 Å². The van der Waals surface area contributed by atoms with E-state index in [0.29, 0.717) is 11.1 Å². The van der Waals surface area contributed by atoms with Gasteiger partial charge in [0.05, 0.1) is 11.9 Å². The predicted octanol–water partition coefficient (Wildman–Crippen LogP) is 1.61. The lowest BCUT2D eigenvalue weighted by molar-refractivity contribution is -0.135. The van der Waals surface area contributed by atoms with E-state index in [1.54, 1.807) is 24.3 Å². The monoisotopic (exact) mass is 219 g/mol. The number of oxazole rings is 1. The van der Waals surface area contributed by atoms with E-state index in [4.69, 9.17) is 9.52 Å². The van der Waals surface area contributed by atoms with Gasteiger partial charge in [-0.05, 0) is 17.7 Å². The summed E-state index contributed by atoms with van der Waals surface area (Å²) in [6.45, 7) is 0. The number of benzene rings is 1. The van der Waals surface area contributed by atoms with E-state index in [1.165, 1.54) is 6.08 Å². The Morgan fingerprint density at radius 3 is 3.06 bits per heavy atom. The van der Waals surface area contributed by atoms with Crippen molar-refractivity contribution < 1.29 is 14.3 Å². The van der Waals surface area contributed by atoms with Gasteiger partial charge in [0, 0.05) is 0 Å². The number of aromatic nitrogens is 1. The summed E-state index contributed by atoms with van der Waals surface area (Å²) in [4.78, 5) is 23.7. The van der Waals surface area contributed by atoms with Crippen molar-refractivity contribution in [1.82, 2.24) is 4.98 Å². The molecule has 82 valence electrons. The largest absolute Gasteiger partial charge is 0.481 e. The zero-order valence-electron chi connectivity index (χ0n) is 8.27. The summed E-state index contributed by atoms with van der Waals surface area (Å²) in [5.41, 5.74) is 1.87. The molecule has 0 aliphatic rings. The van der Waals surface area contributed by atoms with Crippen molar-refractivity contribution >= 4 is 23.1 Å². The molecular formula is C11H9NO4. The van der Waals surface area contributed by atoms with Crippen molar-refractivity contribution in [2.24, 2.45) is 0 Å². The molecule has 2 aromatic rings. The van der Waals surface area contributed by atoms with Gasteiger partial charge in [0.25, 0.3) is 0 Å². The average molecular weight is 219 g/mol. The zero-order chi connectivity index (χ0) is 11.5. The molecule has 2 rings (SSSR count).